The van der Waals surface area contributed by atoms with Crippen LogP contribution in [0.15, 0.2) is 73.1 Å². The number of hydrogen-bond donors (Lipinski definition) is 3. The van der Waals surface area contributed by atoms with E-state index in [1.807, 2.05) is 0 Å². The summed E-state index contributed by atoms with van der Waals surface area (Å²) in [6.07, 6.45) is 2.97. The fraction of sp³-hybridized carbons (Fsp3) is 0.125. The second kappa shape index (κ2) is 11.7. The molecule has 186 valence electrons. The van der Waals surface area contributed by atoms with E-state index < -0.39 is 34.7 Å². The van der Waals surface area contributed by atoms with E-state index in [1.165, 1.54) is 24.5 Å². The van der Waals surface area contributed by atoms with Gasteiger partial charge in [-0.05, 0) is 29.8 Å². The maximum absolute atomic E-state index is 15.2. The smallest absolute Gasteiger partial charge is 0.228 e. The van der Waals surface area contributed by atoms with Crippen LogP contribution in [0.1, 0.15) is 17.2 Å². The minimum Gasteiger partial charge on any atom is -0.760 e. The predicted molar refractivity (Wildman–Crippen MR) is 130 cm³/mol. The van der Waals surface area contributed by atoms with Gasteiger partial charge in [0.05, 0.1) is 17.3 Å². The molecule has 0 fully saturated rings. The second-order valence-corrected chi connectivity index (χ2v) is 8.12. The van der Waals surface area contributed by atoms with Gasteiger partial charge in [-0.1, -0.05) is 36.4 Å². The molecule has 9 nitrogen and oxygen atoms in total. The minimum atomic E-state index is -2.73. The Morgan fingerprint density at radius 1 is 1.00 bits per heavy atom. The van der Waals surface area contributed by atoms with Crippen molar-refractivity contribution in [3.05, 3.63) is 95.8 Å². The van der Waals surface area contributed by atoms with E-state index in [-0.39, 0.29) is 11.4 Å². The normalized spacial score (nSPS) is 12.7. The van der Waals surface area contributed by atoms with E-state index >= 15 is 8.78 Å². The number of aromatic nitrogens is 3. The molecule has 4 aromatic rings. The maximum atomic E-state index is 15.2. The number of pyridine rings is 1. The molecule has 0 saturated carbocycles. The van der Waals surface area contributed by atoms with Gasteiger partial charge in [-0.3, -0.25) is 4.21 Å². The summed E-state index contributed by atoms with van der Waals surface area (Å²) in [5.74, 6) is -2.65. The molecule has 4 N–H and O–H groups in total. The first-order valence-electron chi connectivity index (χ1n) is 10.8. The number of halogens is 2. The summed E-state index contributed by atoms with van der Waals surface area (Å²) < 4.78 is 60.9. The number of nitrogens with zero attached hydrogens (tertiary/aromatic N) is 3. The van der Waals surface area contributed by atoms with Gasteiger partial charge in [-0.15, -0.1) is 0 Å². The summed E-state index contributed by atoms with van der Waals surface area (Å²) in [7, 11) is 0. The van der Waals surface area contributed by atoms with Crippen molar-refractivity contribution in [1.82, 2.24) is 19.7 Å². The number of rotatable bonds is 10. The Morgan fingerprint density at radius 2 is 1.81 bits per heavy atom. The summed E-state index contributed by atoms with van der Waals surface area (Å²) >= 11 is -2.73. The highest BCUT2D eigenvalue weighted by Gasteiger charge is 2.24. The fourth-order valence-electron chi connectivity index (χ4n) is 3.45. The van der Waals surface area contributed by atoms with Crippen molar-refractivity contribution < 1.29 is 22.3 Å². The van der Waals surface area contributed by atoms with E-state index in [2.05, 4.69) is 25.0 Å². The lowest BCUT2D eigenvalue weighted by molar-refractivity contribution is 0.402. The van der Waals surface area contributed by atoms with Crippen LogP contribution in [0.4, 0.5) is 14.7 Å². The molecule has 2 aromatic heterocycles. The van der Waals surface area contributed by atoms with Gasteiger partial charge in [-0.25, -0.2) is 24.1 Å². The highest BCUT2D eigenvalue weighted by atomic mass is 32.2. The lowest BCUT2D eigenvalue weighted by Gasteiger charge is -2.22. The highest BCUT2D eigenvalue weighted by molar-refractivity contribution is 7.77. The van der Waals surface area contributed by atoms with E-state index in [1.54, 1.807) is 48.5 Å². The molecule has 0 amide bonds. The van der Waals surface area contributed by atoms with Crippen molar-refractivity contribution in [3.8, 4) is 22.9 Å². The zero-order valence-corrected chi connectivity index (χ0v) is 19.5. The fourth-order valence-corrected chi connectivity index (χ4v) is 3.91. The van der Waals surface area contributed by atoms with Crippen LogP contribution in [-0.2, 0) is 11.3 Å². The molecule has 0 saturated heterocycles. The Labute approximate surface area is 208 Å². The number of hydrogen-bond acceptors (Lipinski definition) is 8. The van der Waals surface area contributed by atoms with E-state index in [9.17, 15) is 8.76 Å². The zero-order chi connectivity index (χ0) is 25.5. The van der Waals surface area contributed by atoms with Crippen molar-refractivity contribution in [2.45, 2.75) is 6.04 Å². The van der Waals surface area contributed by atoms with Gasteiger partial charge >= 0.3 is 0 Å². The number of ether oxygens (including phenoxy) is 1. The molecule has 0 aliphatic rings. The molecule has 0 radical (unpaired) electrons. The number of nitrogens with two attached hydrogens (primary N) is 1. The van der Waals surface area contributed by atoms with Gasteiger partial charge in [0.2, 0.25) is 17.6 Å². The van der Waals surface area contributed by atoms with Crippen molar-refractivity contribution in [3.63, 3.8) is 0 Å². The molecule has 0 aliphatic carbocycles. The largest absolute Gasteiger partial charge is 0.760 e. The average Bonchev–Trinajstić information content (AvgIpc) is 2.90. The minimum absolute atomic E-state index is 0.00887. The Kier molecular flexibility index (Phi) is 8.23. The molecule has 0 aliphatic heterocycles. The third kappa shape index (κ3) is 5.86. The molecule has 36 heavy (non-hydrogen) atoms. The van der Waals surface area contributed by atoms with Crippen LogP contribution < -0.4 is 20.5 Å². The van der Waals surface area contributed by atoms with Crippen molar-refractivity contribution in [2.75, 3.05) is 18.4 Å². The molecule has 2 atom stereocenters. The van der Waals surface area contributed by atoms with Crippen LogP contribution in [0.3, 0.4) is 0 Å². The molecular weight excluding hydrogens is 490 g/mol. The third-order valence-electron chi connectivity index (χ3n) is 5.07. The summed E-state index contributed by atoms with van der Waals surface area (Å²) in [5, 5.41) is 2.97. The summed E-state index contributed by atoms with van der Waals surface area (Å²) in [5.41, 5.74) is 6.59. The first-order valence-corrected chi connectivity index (χ1v) is 11.8. The molecular formula is C24H21F2N6O3S-. The summed E-state index contributed by atoms with van der Waals surface area (Å²) in [4.78, 5) is 12.7. The third-order valence-corrected chi connectivity index (χ3v) is 5.50. The Hall–Kier alpha value is -3.84. The molecule has 2 aromatic carbocycles. The summed E-state index contributed by atoms with van der Waals surface area (Å²) in [6, 6.07) is 14.5. The molecule has 4 rings (SSSR count). The van der Waals surface area contributed by atoms with Crippen molar-refractivity contribution in [1.29, 1.82) is 0 Å². The van der Waals surface area contributed by atoms with Gasteiger partial charge in [-0.2, -0.15) is 4.39 Å². The zero-order valence-electron chi connectivity index (χ0n) is 18.7. The predicted octanol–water partition coefficient (Wildman–Crippen LogP) is 3.45. The van der Waals surface area contributed by atoms with Gasteiger partial charge in [0.1, 0.15) is 0 Å². The lowest BCUT2D eigenvalue weighted by atomic mass is 9.99. The van der Waals surface area contributed by atoms with Crippen molar-refractivity contribution >= 4 is 17.2 Å². The van der Waals surface area contributed by atoms with E-state index in [0.717, 1.165) is 0 Å². The van der Waals surface area contributed by atoms with Crippen LogP contribution in [0.25, 0.3) is 11.3 Å². The van der Waals surface area contributed by atoms with Crippen molar-refractivity contribution in [2.24, 2.45) is 5.73 Å². The van der Waals surface area contributed by atoms with Crippen LogP contribution in [-0.4, -0.2) is 36.8 Å². The maximum Gasteiger partial charge on any atom is 0.228 e. The first-order chi connectivity index (χ1) is 17.5. The van der Waals surface area contributed by atoms with Gasteiger partial charge < -0.3 is 20.3 Å². The Bertz CT molecular complexity index is 1360. The molecule has 0 spiro atoms. The van der Waals surface area contributed by atoms with E-state index in [4.69, 9.17) is 10.5 Å². The molecule has 0 bridgehead atoms. The number of anilines is 1. The lowest BCUT2D eigenvalue weighted by Crippen LogP contribution is -2.25. The summed E-state index contributed by atoms with van der Waals surface area (Å²) in [6.45, 7) is 0.858. The second-order valence-electron chi connectivity index (χ2n) is 7.42. The Balaban J connectivity index is 1.67. The van der Waals surface area contributed by atoms with Gasteiger partial charge in [0.15, 0.2) is 11.6 Å². The van der Waals surface area contributed by atoms with Gasteiger partial charge in [0, 0.05) is 42.3 Å². The SMILES string of the molecule is NCCNc1nccc(-c2cccnc2Oc2ccc(C(NS(=O)[O-])c3ccccc3)c(F)c2F)n1. The van der Waals surface area contributed by atoms with Crippen LogP contribution in [0.5, 0.6) is 11.6 Å². The average molecular weight is 512 g/mol. The van der Waals surface area contributed by atoms with Gasteiger partial charge in [0.25, 0.3) is 0 Å². The number of benzene rings is 2. The topological polar surface area (TPSA) is 138 Å². The Morgan fingerprint density at radius 3 is 2.56 bits per heavy atom. The van der Waals surface area contributed by atoms with Crippen LogP contribution in [0.2, 0.25) is 0 Å². The standard InChI is InChI=1S/C24H22F2N6O3S/c25-20-17(22(32-36(33)34)15-5-2-1-3-6-15)8-9-19(21(20)26)35-23-16(7-4-12-28-23)18-10-13-29-24(31-18)30-14-11-27/h1-10,12-13,22,32H,11,14,27H2,(H,33,34)(H,29,30,31)/p-1. The highest BCUT2D eigenvalue weighted by Crippen LogP contribution is 2.35. The molecule has 12 heteroatoms. The van der Waals surface area contributed by atoms with Crippen LogP contribution in [0, 0.1) is 11.6 Å². The first kappa shape index (κ1) is 25.3. The monoisotopic (exact) mass is 511 g/mol. The molecule has 2 heterocycles. The number of nitrogens with one attached hydrogen (secondary N) is 2. The van der Waals surface area contributed by atoms with Crippen LogP contribution >= 0.6 is 0 Å². The quantitative estimate of drug-likeness (QED) is 0.275. The molecule has 2 unspecified atom stereocenters. The van der Waals surface area contributed by atoms with E-state index in [0.29, 0.717) is 35.9 Å².